The van der Waals surface area contributed by atoms with Crippen LogP contribution in [0.3, 0.4) is 0 Å². The summed E-state index contributed by atoms with van der Waals surface area (Å²) in [5.41, 5.74) is 1.05. The molecule has 2 N–H and O–H groups in total. The van der Waals surface area contributed by atoms with Crippen LogP contribution >= 0.6 is 11.3 Å². The van der Waals surface area contributed by atoms with Crippen LogP contribution in [0.25, 0.3) is 32.5 Å². The number of rotatable bonds is 4. The third-order valence-electron chi connectivity index (χ3n) is 6.51. The van der Waals surface area contributed by atoms with Crippen molar-refractivity contribution < 1.29 is 17.9 Å². The highest BCUT2D eigenvalue weighted by Gasteiger charge is 2.33. The summed E-state index contributed by atoms with van der Waals surface area (Å²) in [5, 5.41) is 3.84. The molecule has 6 rings (SSSR count). The number of aromatic amines is 1. The van der Waals surface area contributed by atoms with Crippen molar-refractivity contribution >= 4 is 38.3 Å². The fraction of sp³-hybridized carbons (Fsp3) is 0.417. The van der Waals surface area contributed by atoms with E-state index in [1.54, 1.807) is 29.5 Å². The maximum Gasteiger partial charge on any atom is 0.431 e. The first kappa shape index (κ1) is 22.7. The van der Waals surface area contributed by atoms with Crippen LogP contribution in [0, 0.1) is 0 Å². The lowest BCUT2D eigenvalue weighted by molar-refractivity contribution is -0.140. The first-order chi connectivity index (χ1) is 17.0. The number of morpholine rings is 1. The van der Waals surface area contributed by atoms with Crippen LogP contribution in [-0.2, 0) is 17.5 Å². The summed E-state index contributed by atoms with van der Waals surface area (Å²) in [7, 11) is 0. The molecule has 0 unspecified atom stereocenters. The summed E-state index contributed by atoms with van der Waals surface area (Å²) in [5.74, 6) is 1.26. The molecule has 0 bridgehead atoms. The number of anilines is 1. The number of benzene rings is 1. The molecule has 2 saturated heterocycles. The van der Waals surface area contributed by atoms with Crippen LogP contribution in [0.4, 0.5) is 19.0 Å². The molecule has 11 heteroatoms. The number of nitrogens with one attached hydrogen (secondary N) is 2. The zero-order valence-corrected chi connectivity index (χ0v) is 19.8. The SMILES string of the molecule is FC(F)(F)c1cc2c(-c3nc(N4CCOCC4)c4sc(CN5CCNCC5)cc4n3)cccc2[nH]1. The maximum absolute atomic E-state index is 13.4. The van der Waals surface area contributed by atoms with Gasteiger partial charge in [-0.2, -0.15) is 13.2 Å². The molecule has 0 aliphatic carbocycles. The standard InChI is InChI=1S/C24H25F3N6OS/c25-24(26,27)20-13-17-16(2-1-3-18(17)29-20)22-30-19-12-15(14-32-6-4-28-5-7-32)35-21(19)23(31-22)33-8-10-34-11-9-33/h1-3,12-13,28-29H,4-11,14H2. The van der Waals surface area contributed by atoms with Gasteiger partial charge in [0.25, 0.3) is 0 Å². The Labute approximate surface area is 203 Å². The summed E-state index contributed by atoms with van der Waals surface area (Å²) < 4.78 is 46.7. The molecule has 5 heterocycles. The van der Waals surface area contributed by atoms with Gasteiger partial charge in [0.05, 0.1) is 23.4 Å². The van der Waals surface area contributed by atoms with E-state index >= 15 is 0 Å². The lowest BCUT2D eigenvalue weighted by Gasteiger charge is -2.28. The summed E-state index contributed by atoms with van der Waals surface area (Å²) in [6.45, 7) is 7.46. The number of halogens is 3. The maximum atomic E-state index is 13.4. The minimum Gasteiger partial charge on any atom is -0.378 e. The molecule has 0 amide bonds. The van der Waals surface area contributed by atoms with Crippen molar-refractivity contribution in [2.45, 2.75) is 12.7 Å². The van der Waals surface area contributed by atoms with E-state index in [-0.39, 0.29) is 0 Å². The number of H-pyrrole nitrogens is 1. The zero-order chi connectivity index (χ0) is 24.0. The number of alkyl halides is 3. The molecule has 0 saturated carbocycles. The summed E-state index contributed by atoms with van der Waals surface area (Å²) in [6.07, 6.45) is -4.45. The van der Waals surface area contributed by atoms with E-state index in [0.717, 1.165) is 54.8 Å². The Hall–Kier alpha value is -2.73. The Bertz CT molecular complexity index is 1350. The van der Waals surface area contributed by atoms with Crippen molar-refractivity contribution in [2.75, 3.05) is 57.4 Å². The third kappa shape index (κ3) is 4.49. The lowest BCUT2D eigenvalue weighted by atomic mass is 10.1. The molecule has 35 heavy (non-hydrogen) atoms. The number of fused-ring (bicyclic) bond motifs is 2. The molecular formula is C24H25F3N6OS. The average molecular weight is 503 g/mol. The second kappa shape index (κ2) is 9.05. The molecule has 0 radical (unpaired) electrons. The quantitative estimate of drug-likeness (QED) is 0.438. The average Bonchev–Trinajstić information content (AvgIpc) is 3.48. The number of thiophene rings is 1. The summed E-state index contributed by atoms with van der Waals surface area (Å²) in [6, 6.07) is 8.42. The molecule has 0 spiro atoms. The highest BCUT2D eigenvalue weighted by atomic mass is 32.1. The Kier molecular flexibility index (Phi) is 5.87. The number of hydrogen-bond donors (Lipinski definition) is 2. The van der Waals surface area contributed by atoms with Crippen LogP contribution < -0.4 is 10.2 Å². The van der Waals surface area contributed by atoms with Gasteiger partial charge in [0.15, 0.2) is 11.6 Å². The molecular weight excluding hydrogens is 477 g/mol. The summed E-state index contributed by atoms with van der Waals surface area (Å²) >= 11 is 1.70. The van der Waals surface area contributed by atoms with Crippen LogP contribution in [0.15, 0.2) is 30.3 Å². The Morgan fingerprint density at radius 1 is 1.03 bits per heavy atom. The van der Waals surface area contributed by atoms with Crippen LogP contribution in [-0.4, -0.2) is 72.3 Å². The Morgan fingerprint density at radius 2 is 1.83 bits per heavy atom. The van der Waals surface area contributed by atoms with E-state index in [0.29, 0.717) is 48.6 Å². The molecule has 2 aliphatic heterocycles. The van der Waals surface area contributed by atoms with E-state index < -0.39 is 11.9 Å². The number of ether oxygens (including phenoxy) is 1. The lowest BCUT2D eigenvalue weighted by Crippen LogP contribution is -2.42. The summed E-state index contributed by atoms with van der Waals surface area (Å²) in [4.78, 5) is 18.1. The number of hydrogen-bond acceptors (Lipinski definition) is 7. The van der Waals surface area contributed by atoms with Crippen molar-refractivity contribution in [1.29, 1.82) is 0 Å². The van der Waals surface area contributed by atoms with Gasteiger partial charge >= 0.3 is 6.18 Å². The van der Waals surface area contributed by atoms with E-state index in [2.05, 4.69) is 26.2 Å². The first-order valence-electron chi connectivity index (χ1n) is 11.7. The molecule has 4 aromatic rings. The van der Waals surface area contributed by atoms with Gasteiger partial charge in [0, 0.05) is 67.2 Å². The van der Waals surface area contributed by atoms with Gasteiger partial charge in [-0.1, -0.05) is 12.1 Å². The van der Waals surface area contributed by atoms with E-state index in [1.165, 1.54) is 4.88 Å². The minimum atomic E-state index is -4.45. The monoisotopic (exact) mass is 502 g/mol. The van der Waals surface area contributed by atoms with Crippen molar-refractivity contribution in [3.8, 4) is 11.4 Å². The van der Waals surface area contributed by atoms with Crippen LogP contribution in [0.1, 0.15) is 10.6 Å². The fourth-order valence-electron chi connectivity index (χ4n) is 4.74. The van der Waals surface area contributed by atoms with Gasteiger partial charge in [-0.3, -0.25) is 4.90 Å². The predicted molar refractivity (Wildman–Crippen MR) is 131 cm³/mol. The molecule has 3 aromatic heterocycles. The van der Waals surface area contributed by atoms with Gasteiger partial charge in [0.2, 0.25) is 0 Å². The molecule has 7 nitrogen and oxygen atoms in total. The van der Waals surface area contributed by atoms with Gasteiger partial charge < -0.3 is 19.9 Å². The number of nitrogens with zero attached hydrogens (tertiary/aromatic N) is 4. The van der Waals surface area contributed by atoms with Crippen molar-refractivity contribution in [1.82, 2.24) is 25.2 Å². The van der Waals surface area contributed by atoms with Crippen molar-refractivity contribution in [3.63, 3.8) is 0 Å². The van der Waals surface area contributed by atoms with Crippen molar-refractivity contribution in [3.05, 3.63) is 40.9 Å². The van der Waals surface area contributed by atoms with Crippen molar-refractivity contribution in [2.24, 2.45) is 0 Å². The third-order valence-corrected chi connectivity index (χ3v) is 7.62. The molecule has 1 aromatic carbocycles. The Morgan fingerprint density at radius 3 is 2.60 bits per heavy atom. The zero-order valence-electron chi connectivity index (χ0n) is 19.0. The number of aromatic nitrogens is 3. The van der Waals surface area contributed by atoms with Crippen LogP contribution in [0.5, 0.6) is 0 Å². The fourth-order valence-corrected chi connectivity index (χ4v) is 5.90. The smallest absolute Gasteiger partial charge is 0.378 e. The molecule has 0 atom stereocenters. The minimum absolute atomic E-state index is 0.413. The van der Waals surface area contributed by atoms with Crippen LogP contribution in [0.2, 0.25) is 0 Å². The molecule has 184 valence electrons. The van der Waals surface area contributed by atoms with Gasteiger partial charge in [-0.15, -0.1) is 11.3 Å². The topological polar surface area (TPSA) is 69.3 Å². The van der Waals surface area contributed by atoms with Gasteiger partial charge in [0.1, 0.15) is 5.69 Å². The molecule has 2 aliphatic rings. The van der Waals surface area contributed by atoms with Gasteiger partial charge in [-0.25, -0.2) is 9.97 Å². The normalized spacial score (nSPS) is 18.1. The molecule has 2 fully saturated rings. The first-order valence-corrected chi connectivity index (χ1v) is 12.5. The second-order valence-electron chi connectivity index (χ2n) is 8.87. The largest absolute Gasteiger partial charge is 0.431 e. The predicted octanol–water partition coefficient (Wildman–Crippen LogP) is 4.10. The van der Waals surface area contributed by atoms with E-state index in [4.69, 9.17) is 14.7 Å². The highest BCUT2D eigenvalue weighted by Crippen LogP contribution is 2.38. The van der Waals surface area contributed by atoms with E-state index in [1.807, 2.05) is 0 Å². The highest BCUT2D eigenvalue weighted by molar-refractivity contribution is 7.19. The number of piperazine rings is 1. The second-order valence-corrected chi connectivity index (χ2v) is 10.0. The van der Waals surface area contributed by atoms with E-state index in [9.17, 15) is 13.2 Å². The Balaban J connectivity index is 1.46. The van der Waals surface area contributed by atoms with Gasteiger partial charge in [-0.05, 0) is 18.2 Å².